The van der Waals surface area contributed by atoms with Crippen molar-refractivity contribution in [2.45, 2.75) is 65.0 Å². The van der Waals surface area contributed by atoms with E-state index in [4.69, 9.17) is 9.26 Å². The van der Waals surface area contributed by atoms with Crippen molar-refractivity contribution in [2.75, 3.05) is 19.6 Å². The van der Waals surface area contributed by atoms with Gasteiger partial charge in [-0.3, -0.25) is 14.4 Å². The number of carbonyl (C=O) groups excluding carboxylic acids is 3. The van der Waals surface area contributed by atoms with Crippen molar-refractivity contribution in [2.24, 2.45) is 11.8 Å². The zero-order valence-electron chi connectivity index (χ0n) is 24.3. The Bertz CT molecular complexity index is 1480. The van der Waals surface area contributed by atoms with Gasteiger partial charge in [-0.05, 0) is 55.2 Å². The summed E-state index contributed by atoms with van der Waals surface area (Å²) in [5.41, 5.74) is 2.05. The molecule has 3 aromatic rings. The number of amides is 3. The molecule has 0 spiro atoms. The Morgan fingerprint density at radius 2 is 1.86 bits per heavy atom. The predicted octanol–water partition coefficient (Wildman–Crippen LogP) is 4.76. The van der Waals surface area contributed by atoms with E-state index in [9.17, 15) is 14.4 Å². The molecule has 0 radical (unpaired) electrons. The van der Waals surface area contributed by atoms with Crippen molar-refractivity contribution >= 4 is 17.7 Å². The number of likely N-dealkylation sites (tertiary alicyclic amines) is 2. The molecule has 2 aromatic carbocycles. The fourth-order valence-electron chi connectivity index (χ4n) is 5.65. The molecule has 6 rings (SSSR count). The molecule has 2 saturated heterocycles. The third kappa shape index (κ3) is 6.17. The normalized spacial score (nSPS) is 20.6. The minimum atomic E-state index is -0.220. The third-order valence-corrected chi connectivity index (χ3v) is 8.16. The molecule has 1 aliphatic carbocycles. The molecule has 1 saturated carbocycles. The maximum absolute atomic E-state index is 13.2. The van der Waals surface area contributed by atoms with Crippen LogP contribution in [0.4, 0.5) is 0 Å². The van der Waals surface area contributed by atoms with Crippen LogP contribution in [0.2, 0.25) is 0 Å². The fourth-order valence-corrected chi connectivity index (χ4v) is 5.65. The first kappa shape index (κ1) is 27.9. The molecule has 2 aliphatic heterocycles. The Morgan fingerprint density at radius 3 is 2.52 bits per heavy atom. The van der Waals surface area contributed by atoms with E-state index in [1.54, 1.807) is 12.1 Å². The smallest absolute Gasteiger partial charge is 0.257 e. The minimum Gasteiger partial charge on any atom is -0.457 e. The molecule has 1 aromatic heterocycles. The Balaban J connectivity index is 1.18. The Morgan fingerprint density at radius 1 is 1.07 bits per heavy atom. The summed E-state index contributed by atoms with van der Waals surface area (Å²) in [7, 11) is 0. The van der Waals surface area contributed by atoms with E-state index in [-0.39, 0.29) is 29.6 Å². The Kier molecular flexibility index (Phi) is 7.70. The van der Waals surface area contributed by atoms with Crippen molar-refractivity contribution in [3.63, 3.8) is 0 Å². The monoisotopic (exact) mass is 571 g/mol. The summed E-state index contributed by atoms with van der Waals surface area (Å²) >= 11 is 0. The lowest BCUT2D eigenvalue weighted by Crippen LogP contribution is -2.32. The SMILES string of the molecule is CC(C)c1noc(-c2ccc(Oc3cc(C(=O)NC[C@H]4CC(=O)N(C5CC5)C4)ccc3CN3C[C@@H](C)CC3=O)cc2)n1. The average Bonchev–Trinajstić information content (AvgIpc) is 3.40. The van der Waals surface area contributed by atoms with Gasteiger partial charge in [0.1, 0.15) is 11.5 Å². The highest BCUT2D eigenvalue weighted by Crippen LogP contribution is 2.33. The molecule has 220 valence electrons. The number of nitrogens with one attached hydrogen (secondary N) is 1. The Labute approximate surface area is 245 Å². The van der Waals surface area contributed by atoms with Crippen LogP contribution in [-0.2, 0) is 16.1 Å². The van der Waals surface area contributed by atoms with Crippen LogP contribution in [0.15, 0.2) is 47.0 Å². The molecule has 0 unspecified atom stereocenters. The summed E-state index contributed by atoms with van der Waals surface area (Å²) in [6, 6.07) is 13.1. The van der Waals surface area contributed by atoms with Crippen molar-refractivity contribution in [3.8, 4) is 23.0 Å². The summed E-state index contributed by atoms with van der Waals surface area (Å²) in [4.78, 5) is 46.3. The van der Waals surface area contributed by atoms with E-state index >= 15 is 0 Å². The van der Waals surface area contributed by atoms with Crippen molar-refractivity contribution in [1.82, 2.24) is 25.3 Å². The van der Waals surface area contributed by atoms with E-state index in [1.807, 2.05) is 54.0 Å². The molecular formula is C32H37N5O5. The summed E-state index contributed by atoms with van der Waals surface area (Å²) in [5, 5.41) is 7.04. The molecule has 3 aliphatic rings. The molecule has 42 heavy (non-hydrogen) atoms. The van der Waals surface area contributed by atoms with Gasteiger partial charge in [-0.1, -0.05) is 32.0 Å². The molecule has 3 amide bonds. The first-order valence-electron chi connectivity index (χ1n) is 14.8. The molecular weight excluding hydrogens is 534 g/mol. The highest BCUT2D eigenvalue weighted by molar-refractivity contribution is 5.95. The standard InChI is InChI=1S/C32H37N5O5/c1-19(2)30-34-32(42-35-30)22-6-10-26(11-7-22)41-27-14-23(4-5-24(27)18-36-16-20(3)12-28(36)38)31(40)33-15-21-13-29(39)37(17-21)25-8-9-25/h4-7,10-11,14,19-21,25H,8-9,12-13,15-18H2,1-3H3,(H,33,40)/t20-,21+/m0/s1. The zero-order valence-corrected chi connectivity index (χ0v) is 24.3. The van der Waals surface area contributed by atoms with E-state index in [0.29, 0.717) is 79.8 Å². The lowest BCUT2D eigenvalue weighted by molar-refractivity contribution is -0.129. The quantitative estimate of drug-likeness (QED) is 0.373. The second-order valence-corrected chi connectivity index (χ2v) is 12.2. The van der Waals surface area contributed by atoms with Crippen LogP contribution in [0.25, 0.3) is 11.5 Å². The molecule has 2 atom stereocenters. The van der Waals surface area contributed by atoms with Gasteiger partial charge in [-0.25, -0.2) is 0 Å². The summed E-state index contributed by atoms with van der Waals surface area (Å²) in [6.45, 7) is 8.33. The van der Waals surface area contributed by atoms with E-state index < -0.39 is 0 Å². The van der Waals surface area contributed by atoms with Gasteiger partial charge < -0.3 is 24.4 Å². The van der Waals surface area contributed by atoms with Gasteiger partial charge in [0.05, 0.1) is 0 Å². The predicted molar refractivity (Wildman–Crippen MR) is 155 cm³/mol. The van der Waals surface area contributed by atoms with Crippen LogP contribution in [0, 0.1) is 11.8 Å². The first-order chi connectivity index (χ1) is 20.2. The average molecular weight is 572 g/mol. The number of hydrogen-bond donors (Lipinski definition) is 1. The zero-order chi connectivity index (χ0) is 29.4. The largest absolute Gasteiger partial charge is 0.457 e. The van der Waals surface area contributed by atoms with Crippen molar-refractivity contribution in [3.05, 3.63) is 59.4 Å². The van der Waals surface area contributed by atoms with Crippen LogP contribution >= 0.6 is 0 Å². The molecule has 10 heteroatoms. The van der Waals surface area contributed by atoms with Crippen LogP contribution < -0.4 is 10.1 Å². The molecule has 3 fully saturated rings. The Hall–Kier alpha value is -4.21. The van der Waals surface area contributed by atoms with E-state index in [0.717, 1.165) is 24.0 Å². The van der Waals surface area contributed by atoms with Gasteiger partial charge in [0.25, 0.3) is 11.8 Å². The molecule has 0 bridgehead atoms. The highest BCUT2D eigenvalue weighted by Gasteiger charge is 2.39. The molecule has 3 heterocycles. The second kappa shape index (κ2) is 11.6. The third-order valence-electron chi connectivity index (χ3n) is 8.16. The maximum atomic E-state index is 13.2. The lowest BCUT2D eigenvalue weighted by atomic mass is 10.1. The van der Waals surface area contributed by atoms with Gasteiger partial charge in [-0.15, -0.1) is 0 Å². The van der Waals surface area contributed by atoms with Crippen LogP contribution in [-0.4, -0.2) is 63.3 Å². The van der Waals surface area contributed by atoms with Crippen LogP contribution in [0.5, 0.6) is 11.5 Å². The number of hydrogen-bond acceptors (Lipinski definition) is 7. The summed E-state index contributed by atoms with van der Waals surface area (Å²) in [6.07, 6.45) is 3.18. The van der Waals surface area contributed by atoms with E-state index in [2.05, 4.69) is 22.4 Å². The van der Waals surface area contributed by atoms with Gasteiger partial charge in [-0.2, -0.15) is 4.98 Å². The van der Waals surface area contributed by atoms with E-state index in [1.165, 1.54) is 0 Å². The van der Waals surface area contributed by atoms with Gasteiger partial charge in [0, 0.05) is 73.6 Å². The van der Waals surface area contributed by atoms with Crippen LogP contribution in [0.3, 0.4) is 0 Å². The topological polar surface area (TPSA) is 118 Å². The van der Waals surface area contributed by atoms with Gasteiger partial charge in [0.2, 0.25) is 11.8 Å². The number of rotatable bonds is 10. The van der Waals surface area contributed by atoms with Crippen molar-refractivity contribution < 1.29 is 23.6 Å². The number of nitrogens with zero attached hydrogens (tertiary/aromatic N) is 4. The number of benzene rings is 2. The lowest BCUT2D eigenvalue weighted by Gasteiger charge is -2.20. The van der Waals surface area contributed by atoms with Gasteiger partial charge >= 0.3 is 0 Å². The summed E-state index contributed by atoms with van der Waals surface area (Å²) in [5.74, 6) is 2.85. The minimum absolute atomic E-state index is 0.117. The fraction of sp³-hybridized carbons (Fsp3) is 0.469. The number of carbonyl (C=O) groups is 3. The number of ether oxygens (including phenoxy) is 1. The molecule has 1 N–H and O–H groups in total. The summed E-state index contributed by atoms with van der Waals surface area (Å²) < 4.78 is 11.7. The highest BCUT2D eigenvalue weighted by atomic mass is 16.5. The van der Waals surface area contributed by atoms with Gasteiger partial charge in [0.15, 0.2) is 5.82 Å². The number of aromatic nitrogens is 2. The van der Waals surface area contributed by atoms with Crippen LogP contribution in [0.1, 0.15) is 74.1 Å². The molecule has 10 nitrogen and oxygen atoms in total. The maximum Gasteiger partial charge on any atom is 0.257 e. The van der Waals surface area contributed by atoms with Crippen molar-refractivity contribution in [1.29, 1.82) is 0 Å². The first-order valence-corrected chi connectivity index (χ1v) is 14.8. The second-order valence-electron chi connectivity index (χ2n) is 12.2.